The highest BCUT2D eigenvalue weighted by molar-refractivity contribution is 6.39. The van der Waals surface area contributed by atoms with E-state index in [0.717, 1.165) is 45.2 Å². The van der Waals surface area contributed by atoms with Crippen LogP contribution in [-0.4, -0.2) is 60.4 Å². The Morgan fingerprint density at radius 2 is 1.50 bits per heavy atom. The summed E-state index contributed by atoms with van der Waals surface area (Å²) in [6.45, 7) is 3.86. The molecule has 1 amide bonds. The molecule has 2 aromatic heterocycles. The Morgan fingerprint density at radius 3 is 2.12 bits per heavy atom. The van der Waals surface area contributed by atoms with Gasteiger partial charge < -0.3 is 30.5 Å². The molecule has 2 atom stereocenters. The molecule has 9 nitrogen and oxygen atoms in total. The van der Waals surface area contributed by atoms with E-state index in [-0.39, 0.29) is 11.9 Å². The number of ether oxygens (including phenoxy) is 2. The molecule has 0 radical (unpaired) electrons. The van der Waals surface area contributed by atoms with Crippen LogP contribution in [0.15, 0.2) is 66.7 Å². The van der Waals surface area contributed by atoms with Crippen molar-refractivity contribution in [2.45, 2.75) is 45.0 Å². The summed E-state index contributed by atoms with van der Waals surface area (Å²) in [6.07, 6.45) is 0.924. The Hall–Kier alpha value is -3.96. The molecule has 1 aliphatic heterocycles. The molecule has 1 aliphatic rings. The van der Waals surface area contributed by atoms with Crippen LogP contribution in [0, 0.1) is 0 Å². The van der Waals surface area contributed by atoms with E-state index in [1.165, 1.54) is 0 Å². The maximum atomic E-state index is 11.5. The number of aromatic nitrogens is 2. The summed E-state index contributed by atoms with van der Waals surface area (Å²) in [7, 11) is 3.21. The average Bonchev–Trinajstić information content (AvgIpc) is 3.53. The van der Waals surface area contributed by atoms with Gasteiger partial charge in [0.15, 0.2) is 0 Å². The van der Waals surface area contributed by atoms with E-state index in [2.05, 4.69) is 16.0 Å². The zero-order chi connectivity index (χ0) is 35.4. The summed E-state index contributed by atoms with van der Waals surface area (Å²) in [4.78, 5) is 21.2. The molecule has 4 N–H and O–H groups in total. The lowest BCUT2D eigenvalue weighted by molar-refractivity contribution is -0.119. The van der Waals surface area contributed by atoms with Crippen molar-refractivity contribution in [3.05, 3.63) is 92.9 Å². The zero-order valence-corrected chi connectivity index (χ0v) is 30.2. The summed E-state index contributed by atoms with van der Waals surface area (Å²) >= 11 is 21.0. The van der Waals surface area contributed by atoms with Crippen LogP contribution < -0.4 is 25.4 Å². The number of aliphatic hydroxyl groups excluding tert-OH is 1. The molecule has 0 unspecified atom stereocenters. The van der Waals surface area contributed by atoms with Crippen LogP contribution in [0.25, 0.3) is 44.5 Å². The highest BCUT2D eigenvalue weighted by atomic mass is 35.5. The molecule has 0 spiro atoms. The number of hydrogen-bond donors (Lipinski definition) is 4. The number of fused-ring (bicyclic) bond motifs is 1. The maximum Gasteiger partial charge on any atom is 0.220 e. The first-order valence-corrected chi connectivity index (χ1v) is 17.5. The van der Waals surface area contributed by atoms with Crippen LogP contribution >= 0.6 is 34.8 Å². The van der Waals surface area contributed by atoms with E-state index in [4.69, 9.17) is 54.2 Å². The van der Waals surface area contributed by atoms with Crippen molar-refractivity contribution in [1.82, 2.24) is 25.9 Å². The van der Waals surface area contributed by atoms with Crippen LogP contribution in [0.3, 0.4) is 0 Å². The van der Waals surface area contributed by atoms with Crippen molar-refractivity contribution in [2.75, 3.05) is 27.3 Å². The molecule has 1 saturated heterocycles. The monoisotopic (exact) mass is 733 g/mol. The Balaban J connectivity index is 1.28. The second-order valence-corrected chi connectivity index (χ2v) is 13.4. The van der Waals surface area contributed by atoms with Crippen molar-refractivity contribution in [3.63, 3.8) is 0 Å². The number of hydrogen-bond acceptors (Lipinski definition) is 8. The van der Waals surface area contributed by atoms with Gasteiger partial charge in [-0.1, -0.05) is 77.3 Å². The minimum Gasteiger partial charge on any atom is -0.496 e. The van der Waals surface area contributed by atoms with E-state index in [1.807, 2.05) is 66.7 Å². The van der Waals surface area contributed by atoms with Crippen LogP contribution in [0.1, 0.15) is 30.9 Å². The van der Waals surface area contributed by atoms with E-state index in [1.54, 1.807) is 21.1 Å². The average molecular weight is 735 g/mol. The Bertz CT molecular complexity index is 2040. The van der Waals surface area contributed by atoms with Crippen molar-refractivity contribution in [2.24, 2.45) is 0 Å². The lowest BCUT2D eigenvalue weighted by atomic mass is 9.97. The van der Waals surface area contributed by atoms with Gasteiger partial charge in [-0.15, -0.1) is 0 Å². The topological polar surface area (TPSA) is 118 Å². The quantitative estimate of drug-likeness (QED) is 0.0987. The number of rotatable bonds is 13. The molecule has 1 fully saturated rings. The second kappa shape index (κ2) is 15.9. The largest absolute Gasteiger partial charge is 0.496 e. The Kier molecular flexibility index (Phi) is 11.4. The Morgan fingerprint density at radius 1 is 0.860 bits per heavy atom. The lowest BCUT2D eigenvalue weighted by Crippen LogP contribution is -2.35. The number of amides is 1. The van der Waals surface area contributed by atoms with Crippen molar-refractivity contribution >= 4 is 51.6 Å². The van der Waals surface area contributed by atoms with Gasteiger partial charge in [-0.3, -0.25) is 4.79 Å². The summed E-state index contributed by atoms with van der Waals surface area (Å²) in [5, 5.41) is 21.5. The third-order valence-corrected chi connectivity index (χ3v) is 9.78. The number of aliphatic hydroxyl groups is 1. The van der Waals surface area contributed by atoms with Gasteiger partial charge in [0.25, 0.3) is 0 Å². The first-order chi connectivity index (χ1) is 24.2. The van der Waals surface area contributed by atoms with Gasteiger partial charge >= 0.3 is 0 Å². The number of carbonyl (C=O) groups excluding carboxylic acids is 1. The van der Waals surface area contributed by atoms with E-state index in [0.29, 0.717) is 76.2 Å². The molecule has 260 valence electrons. The van der Waals surface area contributed by atoms with Gasteiger partial charge in [-0.25, -0.2) is 9.97 Å². The summed E-state index contributed by atoms with van der Waals surface area (Å²) in [5.41, 5.74) is 6.60. The molecule has 6 rings (SSSR count). The minimum atomic E-state index is -0.474. The van der Waals surface area contributed by atoms with Crippen LogP contribution in [0.5, 0.6) is 11.6 Å². The van der Waals surface area contributed by atoms with E-state index < -0.39 is 6.10 Å². The fourth-order valence-corrected chi connectivity index (χ4v) is 7.17. The van der Waals surface area contributed by atoms with Crippen LogP contribution in [0.4, 0.5) is 0 Å². The lowest BCUT2D eigenvalue weighted by Gasteiger charge is -2.16. The maximum absolute atomic E-state index is 11.5. The number of halogens is 3. The number of benzene rings is 3. The third kappa shape index (κ3) is 7.68. The van der Waals surface area contributed by atoms with Gasteiger partial charge in [-0.05, 0) is 37.6 Å². The molecule has 12 heteroatoms. The minimum absolute atomic E-state index is 0.0947. The summed E-state index contributed by atoms with van der Waals surface area (Å²) in [6, 6.07) is 21.2. The summed E-state index contributed by atoms with van der Waals surface area (Å²) < 4.78 is 11.4. The van der Waals surface area contributed by atoms with Crippen LogP contribution in [0.2, 0.25) is 15.1 Å². The second-order valence-electron chi connectivity index (χ2n) is 12.3. The molecule has 0 aliphatic carbocycles. The van der Waals surface area contributed by atoms with Gasteiger partial charge in [-0.2, -0.15) is 0 Å². The van der Waals surface area contributed by atoms with Crippen molar-refractivity contribution < 1.29 is 19.4 Å². The normalized spacial score (nSPS) is 14.9. The molecule has 50 heavy (non-hydrogen) atoms. The van der Waals surface area contributed by atoms with Gasteiger partial charge in [0, 0.05) is 77.4 Å². The number of carbonyl (C=O) groups is 1. The van der Waals surface area contributed by atoms with E-state index >= 15 is 0 Å². The Labute approximate surface area is 306 Å². The number of pyridine rings is 2. The summed E-state index contributed by atoms with van der Waals surface area (Å²) in [5.74, 6) is 1.25. The molecule has 0 saturated carbocycles. The van der Waals surface area contributed by atoms with Gasteiger partial charge in [0.05, 0.1) is 52.3 Å². The third-order valence-electron chi connectivity index (χ3n) is 8.68. The SMILES string of the molecule is COc1nc(-c2cccc(-c3cccc(-c4ccc5c(OC)c(CNC[C@H](C)O)cc(Cl)c5n4)c3Cl)c2Cl)ccc1CNC[C@@H]1CCC(=O)N1. The van der Waals surface area contributed by atoms with Gasteiger partial charge in [0.2, 0.25) is 11.8 Å². The standard InChI is InChI=1S/C38H38Cl3N5O4/c1-21(47)17-42-19-23-16-30(39)36-29(37(23)49-2)12-14-31(45-36)27-8-4-6-25(34(27)40)26-7-5-9-28(35(26)41)32-13-10-22(38(46-32)50-3)18-43-20-24-11-15-33(48)44-24/h4-10,12-14,16,21,24,42-43,47H,11,15,17-20H2,1-3H3,(H,44,48)/t21-,24-/m0/s1. The van der Waals surface area contributed by atoms with Crippen LogP contribution in [-0.2, 0) is 17.9 Å². The first-order valence-electron chi connectivity index (χ1n) is 16.4. The molecule has 3 heterocycles. The number of nitrogens with one attached hydrogen (secondary N) is 3. The molecule has 5 aromatic rings. The fourth-order valence-electron chi connectivity index (χ4n) is 6.24. The van der Waals surface area contributed by atoms with Gasteiger partial charge in [0.1, 0.15) is 5.75 Å². The molecule has 3 aromatic carbocycles. The predicted octanol–water partition coefficient (Wildman–Crippen LogP) is 7.45. The predicted molar refractivity (Wildman–Crippen MR) is 200 cm³/mol. The highest BCUT2D eigenvalue weighted by Gasteiger charge is 2.21. The number of nitrogens with zero attached hydrogens (tertiary/aromatic N) is 2. The molecule has 0 bridgehead atoms. The van der Waals surface area contributed by atoms with Crippen molar-refractivity contribution in [1.29, 1.82) is 0 Å². The van der Waals surface area contributed by atoms with Crippen molar-refractivity contribution in [3.8, 4) is 45.3 Å². The number of methoxy groups -OCH3 is 2. The molecular weight excluding hydrogens is 697 g/mol. The fraction of sp³-hybridized carbons (Fsp3) is 0.289. The smallest absolute Gasteiger partial charge is 0.220 e. The zero-order valence-electron chi connectivity index (χ0n) is 27.9. The first kappa shape index (κ1) is 35.9. The van der Waals surface area contributed by atoms with E-state index in [9.17, 15) is 9.90 Å². The highest BCUT2D eigenvalue weighted by Crippen LogP contribution is 2.43. The molecular formula is C38H38Cl3N5O4.